The van der Waals surface area contributed by atoms with E-state index in [4.69, 9.17) is 9.15 Å². The second-order valence-corrected chi connectivity index (χ2v) is 6.20. The fourth-order valence-corrected chi connectivity index (χ4v) is 3.21. The topological polar surface area (TPSA) is 56.0 Å². The molecular weight excluding hydrogens is 314 g/mol. The molecule has 130 valence electrons. The van der Waals surface area contributed by atoms with Crippen molar-refractivity contribution in [2.45, 2.75) is 32.4 Å². The normalized spacial score (nSPS) is 12.2. The Morgan fingerprint density at radius 1 is 1.12 bits per heavy atom. The molecule has 1 heterocycles. The van der Waals surface area contributed by atoms with Crippen molar-refractivity contribution in [1.29, 1.82) is 0 Å². The van der Waals surface area contributed by atoms with Gasteiger partial charge in [0.1, 0.15) is 23.9 Å². The molecule has 3 rings (SSSR count). The number of methoxy groups -OCH3 is 1. The summed E-state index contributed by atoms with van der Waals surface area (Å²) in [7, 11) is 1.60. The van der Waals surface area contributed by atoms with E-state index in [0.717, 1.165) is 30.3 Å². The fraction of sp³-hybridized carbons (Fsp3) is 0.286. The quantitative estimate of drug-likeness (QED) is 0.672. The lowest BCUT2D eigenvalue weighted by molar-refractivity contribution is -0.711. The van der Waals surface area contributed by atoms with Gasteiger partial charge in [0, 0.05) is 35.1 Å². The van der Waals surface area contributed by atoms with Crippen molar-refractivity contribution in [2.75, 3.05) is 7.11 Å². The minimum atomic E-state index is -0.323. The van der Waals surface area contributed by atoms with E-state index in [1.54, 1.807) is 19.2 Å². The van der Waals surface area contributed by atoms with Gasteiger partial charge in [0.2, 0.25) is 0 Å². The molecule has 4 nitrogen and oxygen atoms in total. The van der Waals surface area contributed by atoms with Gasteiger partial charge in [-0.2, -0.15) is 0 Å². The van der Waals surface area contributed by atoms with E-state index in [1.807, 2.05) is 18.2 Å². The van der Waals surface area contributed by atoms with Gasteiger partial charge in [-0.05, 0) is 12.1 Å². The van der Waals surface area contributed by atoms with Gasteiger partial charge in [-0.3, -0.25) is 0 Å². The maximum atomic E-state index is 11.9. The van der Waals surface area contributed by atoms with Crippen LogP contribution in [-0.4, -0.2) is 7.11 Å². The summed E-state index contributed by atoms with van der Waals surface area (Å²) in [5, 5.41) is 3.26. The molecule has 0 saturated heterocycles. The summed E-state index contributed by atoms with van der Waals surface area (Å²) in [5.41, 5.74) is 2.56. The molecule has 0 saturated carbocycles. The second-order valence-electron chi connectivity index (χ2n) is 6.20. The summed E-state index contributed by atoms with van der Waals surface area (Å²) >= 11 is 0. The summed E-state index contributed by atoms with van der Waals surface area (Å²) < 4.78 is 10.6. The molecule has 0 fully saturated rings. The molecule has 0 bridgehead atoms. The highest BCUT2D eigenvalue weighted by Crippen LogP contribution is 2.22. The predicted molar refractivity (Wildman–Crippen MR) is 98.8 cm³/mol. The van der Waals surface area contributed by atoms with Gasteiger partial charge in [-0.25, -0.2) is 4.79 Å². The number of benzene rings is 2. The number of rotatable bonds is 7. The zero-order valence-corrected chi connectivity index (χ0v) is 14.7. The van der Waals surface area contributed by atoms with Crippen LogP contribution in [-0.2, 0) is 6.54 Å². The SMILES string of the molecule is CCC[C@@H]([NH2+]Cc1cc(=O)oc2cc(OC)ccc12)c1ccccc1. The number of hydrogen-bond acceptors (Lipinski definition) is 3. The van der Waals surface area contributed by atoms with Gasteiger partial charge >= 0.3 is 5.63 Å². The van der Waals surface area contributed by atoms with Crippen molar-refractivity contribution in [3.63, 3.8) is 0 Å². The van der Waals surface area contributed by atoms with E-state index < -0.39 is 0 Å². The molecule has 0 unspecified atom stereocenters. The van der Waals surface area contributed by atoms with Gasteiger partial charge in [-0.15, -0.1) is 0 Å². The molecular formula is C21H24NO3+. The smallest absolute Gasteiger partial charge is 0.336 e. The van der Waals surface area contributed by atoms with Crippen LogP contribution in [0.15, 0.2) is 63.8 Å². The second kappa shape index (κ2) is 7.99. The van der Waals surface area contributed by atoms with E-state index in [1.165, 1.54) is 5.56 Å². The molecule has 0 aliphatic carbocycles. The molecule has 2 aromatic carbocycles. The summed E-state index contributed by atoms with van der Waals surface area (Å²) in [6.45, 7) is 2.93. The third-order valence-corrected chi connectivity index (χ3v) is 4.49. The summed E-state index contributed by atoms with van der Waals surface area (Å²) in [4.78, 5) is 11.9. The van der Waals surface area contributed by atoms with Crippen molar-refractivity contribution in [2.24, 2.45) is 0 Å². The molecule has 25 heavy (non-hydrogen) atoms. The third-order valence-electron chi connectivity index (χ3n) is 4.49. The Morgan fingerprint density at radius 3 is 2.64 bits per heavy atom. The zero-order valence-electron chi connectivity index (χ0n) is 14.7. The van der Waals surface area contributed by atoms with E-state index in [-0.39, 0.29) is 5.63 Å². The van der Waals surface area contributed by atoms with E-state index in [9.17, 15) is 4.79 Å². The Labute approximate surface area is 147 Å². The lowest BCUT2D eigenvalue weighted by Crippen LogP contribution is -2.83. The molecule has 0 aliphatic rings. The fourth-order valence-electron chi connectivity index (χ4n) is 3.21. The third kappa shape index (κ3) is 4.09. The van der Waals surface area contributed by atoms with Crippen molar-refractivity contribution in [3.8, 4) is 5.75 Å². The zero-order chi connectivity index (χ0) is 17.6. The first-order chi connectivity index (χ1) is 12.2. The van der Waals surface area contributed by atoms with Gasteiger partial charge in [-0.1, -0.05) is 43.7 Å². The van der Waals surface area contributed by atoms with Crippen LogP contribution >= 0.6 is 0 Å². The predicted octanol–water partition coefficient (Wildman–Crippen LogP) is 3.41. The van der Waals surface area contributed by atoms with Crippen molar-refractivity contribution in [1.82, 2.24) is 0 Å². The summed E-state index contributed by atoms with van der Waals surface area (Å²) in [5.74, 6) is 0.685. The van der Waals surface area contributed by atoms with Crippen molar-refractivity contribution >= 4 is 11.0 Å². The van der Waals surface area contributed by atoms with Crippen LogP contribution in [0.3, 0.4) is 0 Å². The van der Waals surface area contributed by atoms with E-state index in [2.05, 4.69) is 36.5 Å². The van der Waals surface area contributed by atoms with Crippen LogP contribution in [0.4, 0.5) is 0 Å². The van der Waals surface area contributed by atoms with Crippen LogP contribution in [0.1, 0.15) is 36.9 Å². The molecule has 0 aliphatic heterocycles. The number of hydrogen-bond donors (Lipinski definition) is 1. The van der Waals surface area contributed by atoms with Gasteiger partial charge in [0.25, 0.3) is 0 Å². The lowest BCUT2D eigenvalue weighted by atomic mass is 10.0. The number of nitrogens with two attached hydrogens (primary N) is 1. The molecule has 4 heteroatoms. The molecule has 2 N–H and O–H groups in total. The molecule has 0 spiro atoms. The van der Waals surface area contributed by atoms with E-state index >= 15 is 0 Å². The molecule has 3 aromatic rings. The Morgan fingerprint density at radius 2 is 1.92 bits per heavy atom. The number of ether oxygens (including phenoxy) is 1. The van der Waals surface area contributed by atoms with Gasteiger partial charge < -0.3 is 14.5 Å². The molecule has 1 atom stereocenters. The Bertz CT molecular complexity index is 887. The highest BCUT2D eigenvalue weighted by Gasteiger charge is 2.15. The first-order valence-corrected chi connectivity index (χ1v) is 8.70. The van der Waals surface area contributed by atoms with Crippen LogP contribution in [0.25, 0.3) is 11.0 Å². The summed E-state index contributed by atoms with van der Waals surface area (Å²) in [6, 6.07) is 18.1. The van der Waals surface area contributed by atoms with Crippen molar-refractivity contribution in [3.05, 3.63) is 76.1 Å². The van der Waals surface area contributed by atoms with Crippen LogP contribution in [0.5, 0.6) is 5.75 Å². The Balaban J connectivity index is 1.87. The Hall–Kier alpha value is -2.59. The van der Waals surface area contributed by atoms with Gasteiger partial charge in [0.15, 0.2) is 0 Å². The van der Waals surface area contributed by atoms with Gasteiger partial charge in [0.05, 0.1) is 7.11 Å². The lowest BCUT2D eigenvalue weighted by Gasteiger charge is -2.16. The first-order valence-electron chi connectivity index (χ1n) is 8.70. The number of quaternary nitrogens is 1. The highest BCUT2D eigenvalue weighted by molar-refractivity contribution is 5.81. The maximum absolute atomic E-state index is 11.9. The van der Waals surface area contributed by atoms with Crippen LogP contribution in [0, 0.1) is 0 Å². The first kappa shape index (κ1) is 17.2. The minimum absolute atomic E-state index is 0.323. The highest BCUT2D eigenvalue weighted by atomic mass is 16.5. The van der Waals surface area contributed by atoms with Crippen LogP contribution < -0.4 is 15.7 Å². The Kier molecular flexibility index (Phi) is 5.51. The monoisotopic (exact) mass is 338 g/mol. The van der Waals surface area contributed by atoms with E-state index in [0.29, 0.717) is 17.4 Å². The standard InChI is InChI=1S/C21H23NO3/c1-3-7-19(15-8-5-4-6-9-15)22-14-16-12-21(23)25-20-13-17(24-2)10-11-18(16)20/h4-6,8-13,19,22H,3,7,14H2,1-2H3/p+1/t19-/m1/s1. The van der Waals surface area contributed by atoms with Crippen molar-refractivity contribution < 1.29 is 14.5 Å². The van der Waals surface area contributed by atoms with Crippen LogP contribution in [0.2, 0.25) is 0 Å². The number of fused-ring (bicyclic) bond motifs is 1. The molecule has 0 amide bonds. The summed E-state index contributed by atoms with van der Waals surface area (Å²) in [6.07, 6.45) is 2.21. The molecule has 0 radical (unpaired) electrons. The minimum Gasteiger partial charge on any atom is -0.497 e. The maximum Gasteiger partial charge on any atom is 0.336 e. The average Bonchev–Trinajstić information content (AvgIpc) is 2.64. The molecule has 1 aromatic heterocycles. The average molecular weight is 338 g/mol. The largest absolute Gasteiger partial charge is 0.497 e.